The minimum atomic E-state index is -0.631. The number of esters is 1. The monoisotopic (exact) mass is 448 g/mol. The van der Waals surface area contributed by atoms with Crippen LogP contribution in [0.15, 0.2) is 68.3 Å². The molecule has 168 valence electrons. The third-order valence-electron chi connectivity index (χ3n) is 4.75. The molecule has 0 fully saturated rings. The van der Waals surface area contributed by atoms with E-state index in [0.717, 1.165) is 16.5 Å². The summed E-state index contributed by atoms with van der Waals surface area (Å²) in [5.74, 6) is 0.195. The SMILES string of the molecule is Cc1cc(NC(=O)COC(=O)c2ccc(COc3ccc4c(C)cc(=O)oc4c3)cc2)no1. The summed E-state index contributed by atoms with van der Waals surface area (Å²) in [5.41, 5.74) is 1.99. The van der Waals surface area contributed by atoms with Crippen LogP contribution in [-0.4, -0.2) is 23.6 Å². The van der Waals surface area contributed by atoms with Crippen molar-refractivity contribution in [2.75, 3.05) is 11.9 Å². The number of carbonyl (C=O) groups is 2. The number of amides is 1. The number of anilines is 1. The Bertz CT molecular complexity index is 1370. The van der Waals surface area contributed by atoms with E-state index < -0.39 is 24.1 Å². The number of hydrogen-bond donors (Lipinski definition) is 1. The molecule has 0 saturated heterocycles. The molecule has 0 atom stereocenters. The predicted molar refractivity (Wildman–Crippen MR) is 118 cm³/mol. The molecule has 0 saturated carbocycles. The fourth-order valence-electron chi connectivity index (χ4n) is 3.12. The van der Waals surface area contributed by atoms with Crippen LogP contribution >= 0.6 is 0 Å². The molecule has 4 aromatic rings. The van der Waals surface area contributed by atoms with Gasteiger partial charge in [0, 0.05) is 23.6 Å². The van der Waals surface area contributed by atoms with E-state index in [0.29, 0.717) is 22.7 Å². The summed E-state index contributed by atoms with van der Waals surface area (Å²) in [6, 6.07) is 14.9. The molecular weight excluding hydrogens is 428 g/mol. The lowest BCUT2D eigenvalue weighted by atomic mass is 10.1. The third kappa shape index (κ3) is 5.45. The Morgan fingerprint density at radius 2 is 1.82 bits per heavy atom. The summed E-state index contributed by atoms with van der Waals surface area (Å²) in [7, 11) is 0. The second-order valence-electron chi connectivity index (χ2n) is 7.34. The van der Waals surface area contributed by atoms with Gasteiger partial charge in [-0.3, -0.25) is 4.79 Å². The Balaban J connectivity index is 1.30. The van der Waals surface area contributed by atoms with Crippen molar-refractivity contribution in [1.29, 1.82) is 0 Å². The van der Waals surface area contributed by atoms with Crippen LogP contribution in [0.25, 0.3) is 11.0 Å². The first-order valence-corrected chi connectivity index (χ1v) is 10.0. The van der Waals surface area contributed by atoms with Crippen LogP contribution in [0.1, 0.15) is 27.2 Å². The molecule has 0 aliphatic carbocycles. The van der Waals surface area contributed by atoms with Gasteiger partial charge >= 0.3 is 11.6 Å². The van der Waals surface area contributed by atoms with Crippen LogP contribution < -0.4 is 15.7 Å². The van der Waals surface area contributed by atoms with E-state index in [1.165, 1.54) is 6.07 Å². The summed E-state index contributed by atoms with van der Waals surface area (Å²) in [4.78, 5) is 35.6. The van der Waals surface area contributed by atoms with Crippen molar-refractivity contribution < 1.29 is 28.0 Å². The molecule has 0 unspecified atom stereocenters. The normalized spacial score (nSPS) is 10.7. The molecule has 9 nitrogen and oxygen atoms in total. The van der Waals surface area contributed by atoms with Crippen molar-refractivity contribution in [3.63, 3.8) is 0 Å². The molecule has 2 aromatic heterocycles. The summed E-state index contributed by atoms with van der Waals surface area (Å²) in [6.45, 7) is 3.33. The van der Waals surface area contributed by atoms with Gasteiger partial charge in [0.2, 0.25) is 0 Å². The first-order valence-electron chi connectivity index (χ1n) is 10.0. The molecule has 0 spiro atoms. The van der Waals surface area contributed by atoms with Gasteiger partial charge in [-0.1, -0.05) is 17.3 Å². The highest BCUT2D eigenvalue weighted by molar-refractivity contribution is 5.95. The topological polar surface area (TPSA) is 121 Å². The summed E-state index contributed by atoms with van der Waals surface area (Å²) in [5, 5.41) is 6.94. The molecule has 9 heteroatoms. The van der Waals surface area contributed by atoms with Gasteiger partial charge in [-0.15, -0.1) is 0 Å². The Hall–Kier alpha value is -4.40. The molecule has 0 bridgehead atoms. The highest BCUT2D eigenvalue weighted by Gasteiger charge is 2.12. The summed E-state index contributed by atoms with van der Waals surface area (Å²) < 4.78 is 20.9. The summed E-state index contributed by atoms with van der Waals surface area (Å²) >= 11 is 0. The van der Waals surface area contributed by atoms with Gasteiger partial charge in [-0.05, 0) is 49.2 Å². The maximum atomic E-state index is 12.2. The van der Waals surface area contributed by atoms with Crippen LogP contribution in [0.3, 0.4) is 0 Å². The number of fused-ring (bicyclic) bond motifs is 1. The number of hydrogen-bond acceptors (Lipinski definition) is 8. The predicted octanol–water partition coefficient (Wildman–Crippen LogP) is 3.77. The average Bonchev–Trinajstić information content (AvgIpc) is 3.20. The Kier molecular flexibility index (Phi) is 6.21. The van der Waals surface area contributed by atoms with Gasteiger partial charge in [0.15, 0.2) is 12.4 Å². The lowest BCUT2D eigenvalue weighted by molar-refractivity contribution is -0.119. The Morgan fingerprint density at radius 1 is 1.03 bits per heavy atom. The number of carbonyl (C=O) groups excluding carboxylic acids is 2. The molecule has 4 rings (SSSR count). The zero-order chi connectivity index (χ0) is 23.4. The largest absolute Gasteiger partial charge is 0.489 e. The number of aromatic nitrogens is 1. The molecule has 33 heavy (non-hydrogen) atoms. The highest BCUT2D eigenvalue weighted by Crippen LogP contribution is 2.23. The second-order valence-corrected chi connectivity index (χ2v) is 7.34. The van der Waals surface area contributed by atoms with E-state index in [1.807, 2.05) is 13.0 Å². The number of nitrogens with zero attached hydrogens (tertiary/aromatic N) is 1. The van der Waals surface area contributed by atoms with Crippen LogP contribution in [0.4, 0.5) is 5.82 Å². The summed E-state index contributed by atoms with van der Waals surface area (Å²) in [6.07, 6.45) is 0. The lowest BCUT2D eigenvalue weighted by Gasteiger charge is -2.09. The molecule has 0 radical (unpaired) electrons. The molecule has 1 amide bonds. The van der Waals surface area contributed by atoms with E-state index in [1.54, 1.807) is 49.4 Å². The first kappa shape index (κ1) is 21.8. The minimum Gasteiger partial charge on any atom is -0.489 e. The van der Waals surface area contributed by atoms with Crippen LogP contribution in [-0.2, 0) is 16.1 Å². The van der Waals surface area contributed by atoms with Crippen molar-refractivity contribution in [3.05, 3.63) is 87.5 Å². The molecule has 2 aromatic carbocycles. The number of ether oxygens (including phenoxy) is 2. The van der Waals surface area contributed by atoms with Crippen molar-refractivity contribution in [1.82, 2.24) is 5.16 Å². The second kappa shape index (κ2) is 9.39. The van der Waals surface area contributed by atoms with E-state index in [4.69, 9.17) is 18.4 Å². The maximum absolute atomic E-state index is 12.2. The average molecular weight is 448 g/mol. The zero-order valence-corrected chi connectivity index (χ0v) is 17.9. The van der Waals surface area contributed by atoms with Crippen LogP contribution in [0, 0.1) is 13.8 Å². The number of rotatable bonds is 7. The highest BCUT2D eigenvalue weighted by atomic mass is 16.5. The Labute approximate surface area is 187 Å². The first-order chi connectivity index (χ1) is 15.9. The fraction of sp³-hybridized carbons (Fsp3) is 0.167. The molecular formula is C24H20N2O7. The number of benzene rings is 2. The van der Waals surface area contributed by atoms with Gasteiger partial charge in [0.05, 0.1) is 5.56 Å². The van der Waals surface area contributed by atoms with Crippen LogP contribution in [0.5, 0.6) is 5.75 Å². The van der Waals surface area contributed by atoms with Crippen molar-refractivity contribution in [3.8, 4) is 5.75 Å². The van der Waals surface area contributed by atoms with E-state index in [-0.39, 0.29) is 12.4 Å². The molecule has 1 N–H and O–H groups in total. The van der Waals surface area contributed by atoms with Gasteiger partial charge in [-0.2, -0.15) is 0 Å². The lowest BCUT2D eigenvalue weighted by Crippen LogP contribution is -2.21. The standard InChI is InChI=1S/C24H20N2O7/c1-14-9-23(28)32-20-11-18(7-8-19(14)20)30-12-16-3-5-17(6-4-16)24(29)31-13-22(27)25-21-10-15(2)33-26-21/h3-11H,12-13H2,1-2H3,(H,25,26,27). The minimum absolute atomic E-state index is 0.246. The van der Waals surface area contributed by atoms with E-state index >= 15 is 0 Å². The van der Waals surface area contributed by atoms with Crippen molar-refractivity contribution in [2.45, 2.75) is 20.5 Å². The van der Waals surface area contributed by atoms with Crippen molar-refractivity contribution in [2.24, 2.45) is 0 Å². The van der Waals surface area contributed by atoms with Gasteiger partial charge in [0.1, 0.15) is 23.7 Å². The number of nitrogens with one attached hydrogen (secondary N) is 1. The van der Waals surface area contributed by atoms with Gasteiger partial charge < -0.3 is 23.7 Å². The van der Waals surface area contributed by atoms with E-state index in [2.05, 4.69) is 10.5 Å². The van der Waals surface area contributed by atoms with E-state index in [9.17, 15) is 14.4 Å². The smallest absolute Gasteiger partial charge is 0.338 e. The van der Waals surface area contributed by atoms with Gasteiger partial charge in [-0.25, -0.2) is 9.59 Å². The van der Waals surface area contributed by atoms with Crippen LogP contribution in [0.2, 0.25) is 0 Å². The van der Waals surface area contributed by atoms with Gasteiger partial charge in [0.25, 0.3) is 5.91 Å². The molecule has 2 heterocycles. The van der Waals surface area contributed by atoms with Crippen molar-refractivity contribution >= 4 is 28.7 Å². The molecule has 0 aliphatic rings. The fourth-order valence-corrected chi connectivity index (χ4v) is 3.12. The quantitative estimate of drug-likeness (QED) is 0.335. The Morgan fingerprint density at radius 3 is 2.55 bits per heavy atom. The maximum Gasteiger partial charge on any atom is 0.338 e. The third-order valence-corrected chi connectivity index (χ3v) is 4.75. The molecule has 0 aliphatic heterocycles. The number of aryl methyl sites for hydroxylation is 2. The zero-order valence-electron chi connectivity index (χ0n) is 17.9.